The van der Waals surface area contributed by atoms with Crippen molar-refractivity contribution in [3.63, 3.8) is 0 Å². The van der Waals surface area contributed by atoms with Crippen LogP contribution < -0.4 is 9.16 Å². The summed E-state index contributed by atoms with van der Waals surface area (Å²) in [6.45, 7) is 15.6. The Labute approximate surface area is 204 Å². The number of phenolic OH excluding ortho intramolecular Hbond substituents is 1. The minimum Gasteiger partial charge on any atom is -0.543 e. The zero-order valence-electron chi connectivity index (χ0n) is 21.9. The maximum atomic E-state index is 12.6. The zero-order valence-corrected chi connectivity index (χ0v) is 22.9. The molecule has 7 heteroatoms. The third-order valence-corrected chi connectivity index (χ3v) is 11.7. The van der Waals surface area contributed by atoms with Crippen LogP contribution in [0.2, 0.25) is 18.1 Å². The summed E-state index contributed by atoms with van der Waals surface area (Å²) in [5.74, 6) is 0.844. The molecule has 1 aliphatic rings. The molecule has 1 N–H and O–H groups in total. The average molecular weight is 489 g/mol. The van der Waals surface area contributed by atoms with E-state index in [-0.39, 0.29) is 29.5 Å². The third-order valence-electron chi connectivity index (χ3n) is 7.33. The quantitative estimate of drug-likeness (QED) is 0.265. The van der Waals surface area contributed by atoms with Crippen LogP contribution in [-0.4, -0.2) is 39.2 Å². The van der Waals surface area contributed by atoms with E-state index >= 15 is 0 Å². The number of carbonyl (C=O) groups is 1. The Hall–Kier alpha value is -2.25. The van der Waals surface area contributed by atoms with Gasteiger partial charge in [-0.25, -0.2) is 0 Å². The van der Waals surface area contributed by atoms with E-state index in [4.69, 9.17) is 18.6 Å². The van der Waals surface area contributed by atoms with E-state index in [0.29, 0.717) is 29.7 Å². The fourth-order valence-electron chi connectivity index (χ4n) is 4.00. The number of unbranched alkanes of at least 4 members (excludes halogenated alkanes) is 1. The first-order chi connectivity index (χ1) is 15.9. The summed E-state index contributed by atoms with van der Waals surface area (Å²) >= 11 is 0. The SMILES string of the molecule is CCCCOC(=O)C(C)C1Cc2c(c(O)c3c(OC)cccc3c2O[Si](C)(C)C(C)(C)C)CO1. The van der Waals surface area contributed by atoms with Crippen LogP contribution in [0.3, 0.4) is 0 Å². The Balaban J connectivity index is 2.10. The summed E-state index contributed by atoms with van der Waals surface area (Å²) in [6, 6.07) is 5.72. The second kappa shape index (κ2) is 10.2. The molecule has 1 aliphatic heterocycles. The van der Waals surface area contributed by atoms with Crippen molar-refractivity contribution in [3.8, 4) is 17.2 Å². The molecule has 1 heterocycles. The highest BCUT2D eigenvalue weighted by Gasteiger charge is 2.41. The minimum absolute atomic E-state index is 0.0100. The number of hydrogen-bond donors (Lipinski definition) is 1. The summed E-state index contributed by atoms with van der Waals surface area (Å²) in [4.78, 5) is 12.6. The summed E-state index contributed by atoms with van der Waals surface area (Å²) in [7, 11) is -0.617. The number of aromatic hydroxyl groups is 1. The molecule has 0 aromatic heterocycles. The number of methoxy groups -OCH3 is 1. The summed E-state index contributed by atoms with van der Waals surface area (Å²) in [5.41, 5.74) is 1.61. The molecule has 0 bridgehead atoms. The molecule has 0 radical (unpaired) electrons. The highest BCUT2D eigenvalue weighted by atomic mass is 28.4. The molecular weight excluding hydrogens is 448 g/mol. The van der Waals surface area contributed by atoms with Crippen LogP contribution in [0.15, 0.2) is 18.2 Å². The van der Waals surface area contributed by atoms with E-state index in [1.165, 1.54) is 0 Å². The first-order valence-electron chi connectivity index (χ1n) is 12.2. The van der Waals surface area contributed by atoms with Gasteiger partial charge >= 0.3 is 5.97 Å². The van der Waals surface area contributed by atoms with Crippen LogP contribution in [-0.2, 0) is 27.3 Å². The summed E-state index contributed by atoms with van der Waals surface area (Å²) in [6.07, 6.45) is 1.92. The number of esters is 1. The molecule has 0 aliphatic carbocycles. The third kappa shape index (κ3) is 5.05. The maximum Gasteiger partial charge on any atom is 0.311 e. The number of carbonyl (C=O) groups excluding carboxylic acids is 1. The van der Waals surface area contributed by atoms with Gasteiger partial charge in [-0.3, -0.25) is 4.79 Å². The largest absolute Gasteiger partial charge is 0.543 e. The van der Waals surface area contributed by atoms with Crippen LogP contribution in [0.1, 0.15) is 58.6 Å². The van der Waals surface area contributed by atoms with Crippen LogP contribution in [0.25, 0.3) is 10.8 Å². The molecule has 0 saturated heterocycles. The molecule has 0 spiro atoms. The number of fused-ring (bicyclic) bond motifs is 2. The second-order valence-corrected chi connectivity index (χ2v) is 15.5. The monoisotopic (exact) mass is 488 g/mol. The van der Waals surface area contributed by atoms with Gasteiger partial charge in [-0.2, -0.15) is 0 Å². The lowest BCUT2D eigenvalue weighted by molar-refractivity contribution is -0.154. The molecule has 34 heavy (non-hydrogen) atoms. The lowest BCUT2D eigenvalue weighted by Gasteiger charge is -2.39. The topological polar surface area (TPSA) is 74.2 Å². The van der Waals surface area contributed by atoms with Crippen LogP contribution in [0.4, 0.5) is 0 Å². The van der Waals surface area contributed by atoms with Crippen LogP contribution >= 0.6 is 0 Å². The van der Waals surface area contributed by atoms with Gasteiger partial charge in [0.1, 0.15) is 17.2 Å². The van der Waals surface area contributed by atoms with Crippen molar-refractivity contribution in [1.82, 2.24) is 0 Å². The van der Waals surface area contributed by atoms with Crippen LogP contribution in [0.5, 0.6) is 17.2 Å². The van der Waals surface area contributed by atoms with E-state index in [1.54, 1.807) is 7.11 Å². The van der Waals surface area contributed by atoms with Gasteiger partial charge in [0.2, 0.25) is 0 Å². The van der Waals surface area contributed by atoms with Gasteiger partial charge in [0, 0.05) is 22.9 Å². The molecule has 2 aromatic carbocycles. The number of ether oxygens (including phenoxy) is 3. The highest BCUT2D eigenvalue weighted by Crippen LogP contribution is 2.49. The van der Waals surface area contributed by atoms with Gasteiger partial charge in [0.15, 0.2) is 0 Å². The molecule has 0 fully saturated rings. The predicted molar refractivity (Wildman–Crippen MR) is 137 cm³/mol. The Morgan fingerprint density at radius 3 is 2.59 bits per heavy atom. The van der Waals surface area contributed by atoms with Gasteiger partial charge in [-0.05, 0) is 37.5 Å². The zero-order chi connectivity index (χ0) is 25.3. The lowest BCUT2D eigenvalue weighted by atomic mass is 9.88. The fourth-order valence-corrected chi connectivity index (χ4v) is 5.05. The van der Waals surface area contributed by atoms with Crippen molar-refractivity contribution < 1.29 is 28.5 Å². The minimum atomic E-state index is -2.21. The van der Waals surface area contributed by atoms with Crippen molar-refractivity contribution in [1.29, 1.82) is 0 Å². The van der Waals surface area contributed by atoms with Crippen molar-refractivity contribution in [2.75, 3.05) is 13.7 Å². The molecule has 2 atom stereocenters. The second-order valence-electron chi connectivity index (χ2n) is 10.7. The van der Waals surface area contributed by atoms with E-state index in [2.05, 4.69) is 40.8 Å². The Kier molecular flexibility index (Phi) is 7.88. The molecule has 6 nitrogen and oxygen atoms in total. The van der Waals surface area contributed by atoms with E-state index in [0.717, 1.165) is 29.5 Å². The molecule has 2 unspecified atom stereocenters. The van der Waals surface area contributed by atoms with E-state index < -0.39 is 14.2 Å². The Bertz CT molecular complexity index is 1040. The van der Waals surface area contributed by atoms with Crippen LogP contribution in [0, 0.1) is 5.92 Å². The average Bonchev–Trinajstić information content (AvgIpc) is 2.79. The van der Waals surface area contributed by atoms with Crippen molar-refractivity contribution >= 4 is 25.1 Å². The lowest BCUT2D eigenvalue weighted by Crippen LogP contribution is -2.44. The molecule has 188 valence electrons. The summed E-state index contributed by atoms with van der Waals surface area (Å²) < 4.78 is 24.0. The van der Waals surface area contributed by atoms with Crippen molar-refractivity contribution in [2.45, 2.75) is 84.7 Å². The first kappa shape index (κ1) is 26.4. The first-order valence-corrected chi connectivity index (χ1v) is 15.1. The summed E-state index contributed by atoms with van der Waals surface area (Å²) in [5, 5.41) is 12.7. The fraction of sp³-hybridized carbons (Fsp3) is 0.593. The van der Waals surface area contributed by atoms with E-state index in [1.807, 2.05) is 25.1 Å². The Morgan fingerprint density at radius 2 is 1.97 bits per heavy atom. The number of hydrogen-bond acceptors (Lipinski definition) is 6. The van der Waals surface area contributed by atoms with Gasteiger partial charge < -0.3 is 23.7 Å². The standard InChI is InChI=1S/C27H40O6Si/c1-9-10-14-31-26(29)17(2)22-15-19-20(16-32-22)24(28)23-18(12-11-13-21(23)30-6)25(19)33-34(7,8)27(3,4)5/h11-13,17,22,28H,9-10,14-16H2,1-8H3. The van der Waals surface area contributed by atoms with E-state index in [9.17, 15) is 9.90 Å². The Morgan fingerprint density at radius 1 is 1.26 bits per heavy atom. The number of benzene rings is 2. The molecule has 0 saturated carbocycles. The normalized spacial score (nSPS) is 17.2. The van der Waals surface area contributed by atoms with Crippen molar-refractivity contribution in [2.24, 2.45) is 5.92 Å². The predicted octanol–water partition coefficient (Wildman–Crippen LogP) is 6.36. The van der Waals surface area contributed by atoms with Gasteiger partial charge in [0.05, 0.1) is 37.7 Å². The molecular formula is C27H40O6Si. The number of rotatable bonds is 8. The van der Waals surface area contributed by atoms with Gasteiger partial charge in [0.25, 0.3) is 8.32 Å². The number of phenols is 1. The molecule has 3 rings (SSSR count). The van der Waals surface area contributed by atoms with Gasteiger partial charge in [-0.1, -0.05) is 46.2 Å². The smallest absolute Gasteiger partial charge is 0.311 e. The molecule has 2 aromatic rings. The maximum absolute atomic E-state index is 12.6. The van der Waals surface area contributed by atoms with Gasteiger partial charge in [-0.15, -0.1) is 0 Å². The highest BCUT2D eigenvalue weighted by molar-refractivity contribution is 6.74. The van der Waals surface area contributed by atoms with Crippen molar-refractivity contribution in [3.05, 3.63) is 29.3 Å². The molecule has 0 amide bonds.